The van der Waals surface area contributed by atoms with Crippen LogP contribution in [0.1, 0.15) is 101 Å². The van der Waals surface area contributed by atoms with Crippen molar-refractivity contribution in [1.29, 1.82) is 0 Å². The number of carboxylic acid groups (broad SMARTS) is 1. The molecule has 1 fully saturated rings. The molecule has 9 N–H and O–H groups in total. The normalized spacial score (nSPS) is 15.3. The van der Waals surface area contributed by atoms with Gasteiger partial charge in [-0.25, -0.2) is 9.97 Å². The SMILES string of the molecule is CN(Cc1cnc2nc(N)nc(N)c2n1)c1ccc(C(=O)N[C@@H](CCC(=O)O)C(=O)NCCCCCCCCNc2cccc3c2C(=O)N(C2CCC(=O)NC2=O)C3=O)cc1. The summed E-state index contributed by atoms with van der Waals surface area (Å²) in [5.74, 6) is -4.13. The maximum absolute atomic E-state index is 13.3. The Labute approximate surface area is 350 Å². The van der Waals surface area contributed by atoms with Gasteiger partial charge in [-0.15, -0.1) is 0 Å². The lowest BCUT2D eigenvalue weighted by molar-refractivity contribution is -0.138. The number of unbranched alkanes of at least 4 members (excludes halogenated alkanes) is 5. The average molecular weight is 837 g/mol. The van der Waals surface area contributed by atoms with Crippen molar-refractivity contribution in [1.82, 2.24) is 40.8 Å². The molecule has 4 aromatic rings. The minimum atomic E-state index is -1.09. The number of hydrogen-bond donors (Lipinski definition) is 7. The fourth-order valence-corrected chi connectivity index (χ4v) is 7.22. The molecule has 6 rings (SSSR count). The number of fused-ring (bicyclic) bond motifs is 2. The average Bonchev–Trinajstić information content (AvgIpc) is 3.48. The molecular formula is C41H48N12O8. The van der Waals surface area contributed by atoms with E-state index in [0.29, 0.717) is 48.5 Å². The van der Waals surface area contributed by atoms with E-state index >= 15 is 0 Å². The first-order valence-electron chi connectivity index (χ1n) is 20.1. The molecule has 1 unspecified atom stereocenters. The zero-order chi connectivity index (χ0) is 43.6. The van der Waals surface area contributed by atoms with E-state index in [1.165, 1.54) is 0 Å². The first-order valence-corrected chi connectivity index (χ1v) is 20.1. The van der Waals surface area contributed by atoms with Crippen LogP contribution in [0.2, 0.25) is 0 Å². The second kappa shape index (κ2) is 19.7. The van der Waals surface area contributed by atoms with Crippen LogP contribution in [-0.2, 0) is 25.7 Å². The molecule has 320 valence electrons. The predicted octanol–water partition coefficient (Wildman–Crippen LogP) is 2.15. The lowest BCUT2D eigenvalue weighted by Crippen LogP contribution is -2.54. The maximum Gasteiger partial charge on any atom is 0.303 e. The molecule has 61 heavy (non-hydrogen) atoms. The van der Waals surface area contributed by atoms with Gasteiger partial charge in [-0.2, -0.15) is 9.97 Å². The van der Waals surface area contributed by atoms with E-state index in [4.69, 9.17) is 11.5 Å². The smallest absolute Gasteiger partial charge is 0.303 e. The summed E-state index contributed by atoms with van der Waals surface area (Å²) < 4.78 is 0. The van der Waals surface area contributed by atoms with Gasteiger partial charge in [0.2, 0.25) is 23.7 Å². The number of carboxylic acids is 1. The molecule has 0 aliphatic carbocycles. The number of aromatic nitrogens is 4. The Morgan fingerprint density at radius 1 is 0.934 bits per heavy atom. The summed E-state index contributed by atoms with van der Waals surface area (Å²) in [5.41, 5.74) is 14.8. The van der Waals surface area contributed by atoms with Gasteiger partial charge in [-0.1, -0.05) is 31.7 Å². The van der Waals surface area contributed by atoms with Crippen LogP contribution in [0.3, 0.4) is 0 Å². The van der Waals surface area contributed by atoms with Crippen molar-refractivity contribution < 1.29 is 38.7 Å². The topological polar surface area (TPSA) is 298 Å². The Balaban J connectivity index is 0.894. The summed E-state index contributed by atoms with van der Waals surface area (Å²) in [4.78, 5) is 108. The van der Waals surface area contributed by atoms with Crippen molar-refractivity contribution in [2.24, 2.45) is 0 Å². The molecule has 6 amide bonds. The van der Waals surface area contributed by atoms with Gasteiger partial charge >= 0.3 is 5.97 Å². The number of nitrogens with two attached hydrogens (primary N) is 2. The predicted molar refractivity (Wildman–Crippen MR) is 223 cm³/mol. The molecule has 2 aromatic heterocycles. The van der Waals surface area contributed by atoms with Gasteiger partial charge in [0.05, 0.1) is 29.6 Å². The monoisotopic (exact) mass is 836 g/mol. The minimum Gasteiger partial charge on any atom is -0.481 e. The van der Waals surface area contributed by atoms with Gasteiger partial charge in [-0.3, -0.25) is 43.8 Å². The summed E-state index contributed by atoms with van der Waals surface area (Å²) >= 11 is 0. The van der Waals surface area contributed by atoms with Gasteiger partial charge in [0.25, 0.3) is 17.7 Å². The molecule has 20 heteroatoms. The fourth-order valence-electron chi connectivity index (χ4n) is 7.22. The van der Waals surface area contributed by atoms with Crippen LogP contribution in [0.15, 0.2) is 48.7 Å². The Bertz CT molecular complexity index is 2340. The van der Waals surface area contributed by atoms with Crippen LogP contribution in [-0.4, -0.2) is 104 Å². The van der Waals surface area contributed by atoms with Crippen LogP contribution in [0, 0.1) is 0 Å². The number of hydrogen-bond acceptors (Lipinski definition) is 15. The number of nitrogen functional groups attached to an aromatic ring is 2. The number of nitrogens with zero attached hydrogens (tertiary/aromatic N) is 6. The number of nitrogens with one attached hydrogen (secondary N) is 4. The van der Waals surface area contributed by atoms with E-state index in [1.807, 2.05) is 11.9 Å². The number of rotatable bonds is 20. The number of carbonyl (C=O) groups is 7. The third kappa shape index (κ3) is 10.7. The van der Waals surface area contributed by atoms with Crippen LogP contribution in [0.4, 0.5) is 23.1 Å². The first kappa shape index (κ1) is 43.3. The van der Waals surface area contributed by atoms with Gasteiger partial charge in [0.15, 0.2) is 17.0 Å². The van der Waals surface area contributed by atoms with E-state index in [9.17, 15) is 38.7 Å². The van der Waals surface area contributed by atoms with Gasteiger partial charge in [-0.05, 0) is 62.1 Å². The van der Waals surface area contributed by atoms with Crippen molar-refractivity contribution in [3.8, 4) is 0 Å². The summed E-state index contributed by atoms with van der Waals surface area (Å²) in [6.45, 7) is 1.27. The first-order chi connectivity index (χ1) is 29.3. The van der Waals surface area contributed by atoms with Crippen molar-refractivity contribution >= 4 is 75.7 Å². The Kier molecular flexibility index (Phi) is 14.0. The van der Waals surface area contributed by atoms with Gasteiger partial charge in [0, 0.05) is 49.9 Å². The summed E-state index contributed by atoms with van der Waals surface area (Å²) in [5, 5.41) is 20.2. The minimum absolute atomic E-state index is 0.00523. The molecule has 0 radical (unpaired) electrons. The Morgan fingerprint density at radius 3 is 2.38 bits per heavy atom. The molecule has 1 saturated heterocycles. The molecule has 20 nitrogen and oxygen atoms in total. The van der Waals surface area contributed by atoms with E-state index in [2.05, 4.69) is 41.2 Å². The van der Waals surface area contributed by atoms with E-state index in [-0.39, 0.29) is 54.2 Å². The number of piperidine rings is 1. The van der Waals surface area contributed by atoms with Crippen molar-refractivity contribution in [2.45, 2.75) is 82.8 Å². The number of anilines is 4. The fraction of sp³-hybridized carbons (Fsp3) is 0.390. The van der Waals surface area contributed by atoms with E-state index < -0.39 is 53.5 Å². The third-order valence-electron chi connectivity index (χ3n) is 10.4. The molecular weight excluding hydrogens is 789 g/mol. The summed E-state index contributed by atoms with van der Waals surface area (Å²) in [6.07, 6.45) is 6.37. The second-order valence-electron chi connectivity index (χ2n) is 14.9. The molecule has 2 aliphatic heterocycles. The maximum atomic E-state index is 13.3. The summed E-state index contributed by atoms with van der Waals surface area (Å²) in [6, 6.07) is 9.59. The lowest BCUT2D eigenvalue weighted by atomic mass is 10.0. The quantitative estimate of drug-likeness (QED) is 0.0496. The molecule has 2 aromatic carbocycles. The van der Waals surface area contributed by atoms with Crippen molar-refractivity contribution in [3.63, 3.8) is 0 Å². The number of benzene rings is 2. The molecule has 2 aliphatic rings. The lowest BCUT2D eigenvalue weighted by Gasteiger charge is -2.27. The highest BCUT2D eigenvalue weighted by molar-refractivity contribution is 6.25. The summed E-state index contributed by atoms with van der Waals surface area (Å²) in [7, 11) is 1.84. The molecule has 0 spiro atoms. The van der Waals surface area contributed by atoms with Crippen LogP contribution in [0.25, 0.3) is 11.2 Å². The zero-order valence-corrected chi connectivity index (χ0v) is 33.6. The highest BCUT2D eigenvalue weighted by atomic mass is 16.4. The van der Waals surface area contributed by atoms with E-state index in [0.717, 1.165) is 42.7 Å². The zero-order valence-electron chi connectivity index (χ0n) is 33.6. The Morgan fingerprint density at radius 2 is 1.66 bits per heavy atom. The number of imide groups is 2. The van der Waals surface area contributed by atoms with Gasteiger partial charge < -0.3 is 37.4 Å². The number of carbonyl (C=O) groups excluding carboxylic acids is 6. The standard InChI is InChI=1S/C41H48N12O8/c1-52(22-24-21-46-35-33(47-24)34(42)50-41(43)51-35)25-13-11-23(12-14-25)36(57)48-28(15-18-31(55)56)37(58)45-20-7-5-3-2-4-6-19-44-27-10-8-9-26-32(27)40(61)53(39(26)60)29-16-17-30(54)49-38(29)59/h8-14,21,28-29,44H,2-7,15-20,22H2,1H3,(H,45,58)(H,48,57)(H,55,56)(H,49,54,59)(H4,42,43,46,50,51)/t28-,29?/m0/s1. The second-order valence-corrected chi connectivity index (χ2v) is 14.9. The van der Waals surface area contributed by atoms with Crippen LogP contribution >= 0.6 is 0 Å². The molecule has 2 atom stereocenters. The number of aliphatic carboxylic acids is 1. The van der Waals surface area contributed by atoms with E-state index in [1.54, 1.807) is 48.7 Å². The van der Waals surface area contributed by atoms with Crippen LogP contribution < -0.4 is 37.6 Å². The highest BCUT2D eigenvalue weighted by Gasteiger charge is 2.45. The molecule has 0 bridgehead atoms. The van der Waals surface area contributed by atoms with Crippen molar-refractivity contribution in [2.75, 3.05) is 41.8 Å². The van der Waals surface area contributed by atoms with Crippen LogP contribution in [0.5, 0.6) is 0 Å². The third-order valence-corrected chi connectivity index (χ3v) is 10.4. The largest absolute Gasteiger partial charge is 0.481 e. The van der Waals surface area contributed by atoms with Gasteiger partial charge in [0.1, 0.15) is 12.1 Å². The Hall–Kier alpha value is -7.25. The van der Waals surface area contributed by atoms with Crippen molar-refractivity contribution in [3.05, 3.63) is 71.0 Å². The number of amides is 6. The molecule has 0 saturated carbocycles. The molecule has 4 heterocycles. The highest BCUT2D eigenvalue weighted by Crippen LogP contribution is 2.32.